The molecule has 0 aliphatic carbocycles. The number of hydrogen-bond donors (Lipinski definition) is 1. The van der Waals surface area contributed by atoms with Crippen molar-refractivity contribution in [2.75, 3.05) is 6.54 Å². The normalized spacial score (nSPS) is 12.9. The number of carbonyl (C=O) groups is 1. The van der Waals surface area contributed by atoms with Crippen LogP contribution in [0.1, 0.15) is 54.2 Å². The number of benzene rings is 2. The molecule has 1 heterocycles. The van der Waals surface area contributed by atoms with Gasteiger partial charge in [0.1, 0.15) is 0 Å². The molecule has 26 heavy (non-hydrogen) atoms. The molecule has 2 aromatic rings. The first-order valence-corrected chi connectivity index (χ1v) is 9.94. The standard InChI is InChI=1S/C22H26N2OS/c1-13(2)10-11-23-22(25)17-8-9-19-18(12-17)24-16(5)20-14(3)6-7-15(4)21(20)26-19/h6-9,12-13H,10-11H2,1-5H3,(H,23,25). The second kappa shape index (κ2) is 7.67. The lowest BCUT2D eigenvalue weighted by Gasteiger charge is -2.12. The fourth-order valence-corrected chi connectivity index (χ4v) is 4.33. The zero-order chi connectivity index (χ0) is 18.8. The minimum Gasteiger partial charge on any atom is -0.352 e. The molecule has 0 fully saturated rings. The Kier molecular flexibility index (Phi) is 5.52. The van der Waals surface area contributed by atoms with Crippen LogP contribution >= 0.6 is 11.8 Å². The summed E-state index contributed by atoms with van der Waals surface area (Å²) >= 11 is 1.74. The van der Waals surface area contributed by atoms with E-state index < -0.39 is 0 Å². The maximum absolute atomic E-state index is 12.4. The van der Waals surface area contributed by atoms with Crippen LogP contribution in [0.3, 0.4) is 0 Å². The number of amides is 1. The van der Waals surface area contributed by atoms with Gasteiger partial charge in [-0.15, -0.1) is 0 Å². The smallest absolute Gasteiger partial charge is 0.251 e. The summed E-state index contributed by atoms with van der Waals surface area (Å²) in [6.45, 7) is 11.3. The van der Waals surface area contributed by atoms with Crippen LogP contribution < -0.4 is 5.32 Å². The molecule has 2 aromatic carbocycles. The Morgan fingerprint density at radius 2 is 1.85 bits per heavy atom. The third kappa shape index (κ3) is 3.85. The molecule has 3 rings (SSSR count). The predicted octanol–water partition coefficient (Wildman–Crippen LogP) is 5.68. The van der Waals surface area contributed by atoms with E-state index in [1.807, 2.05) is 18.2 Å². The quantitative estimate of drug-likeness (QED) is 0.756. The lowest BCUT2D eigenvalue weighted by atomic mass is 10.0. The Morgan fingerprint density at radius 3 is 2.58 bits per heavy atom. The van der Waals surface area contributed by atoms with Crippen LogP contribution in [0, 0.1) is 19.8 Å². The maximum Gasteiger partial charge on any atom is 0.251 e. The summed E-state index contributed by atoms with van der Waals surface area (Å²) < 4.78 is 0. The van der Waals surface area contributed by atoms with Gasteiger partial charge in [-0.2, -0.15) is 0 Å². The van der Waals surface area contributed by atoms with Crippen LogP contribution in [-0.2, 0) is 0 Å². The van der Waals surface area contributed by atoms with Crippen molar-refractivity contribution in [2.24, 2.45) is 10.9 Å². The second-order valence-corrected chi connectivity index (χ2v) is 8.38. The lowest BCUT2D eigenvalue weighted by molar-refractivity contribution is 0.0952. The van der Waals surface area contributed by atoms with Crippen molar-refractivity contribution in [3.05, 3.63) is 52.6 Å². The van der Waals surface area contributed by atoms with E-state index in [1.54, 1.807) is 11.8 Å². The third-order valence-electron chi connectivity index (χ3n) is 4.65. The monoisotopic (exact) mass is 366 g/mol. The summed E-state index contributed by atoms with van der Waals surface area (Å²) in [6, 6.07) is 10.1. The van der Waals surface area contributed by atoms with E-state index in [1.165, 1.54) is 21.6 Å². The van der Waals surface area contributed by atoms with Gasteiger partial charge in [-0.05, 0) is 62.4 Å². The van der Waals surface area contributed by atoms with Crippen LogP contribution in [0.15, 0.2) is 45.1 Å². The molecule has 0 saturated carbocycles. The molecule has 1 aliphatic rings. The molecule has 4 heteroatoms. The first-order chi connectivity index (χ1) is 12.4. The SMILES string of the molecule is CC1=Nc2cc(C(=O)NCCC(C)C)ccc2Sc2c(C)ccc(C)c21. The van der Waals surface area contributed by atoms with Crippen LogP contribution in [0.25, 0.3) is 0 Å². The molecule has 0 radical (unpaired) electrons. The summed E-state index contributed by atoms with van der Waals surface area (Å²) in [6.07, 6.45) is 0.984. The van der Waals surface area contributed by atoms with E-state index in [9.17, 15) is 4.79 Å². The Labute approximate surface area is 160 Å². The molecule has 3 nitrogen and oxygen atoms in total. The average Bonchev–Trinajstić information content (AvgIpc) is 2.73. The first kappa shape index (κ1) is 18.7. The molecular weight excluding hydrogens is 340 g/mol. The van der Waals surface area contributed by atoms with Gasteiger partial charge in [-0.25, -0.2) is 0 Å². The van der Waals surface area contributed by atoms with Crippen molar-refractivity contribution >= 4 is 29.1 Å². The first-order valence-electron chi connectivity index (χ1n) is 9.12. The highest BCUT2D eigenvalue weighted by molar-refractivity contribution is 7.99. The second-order valence-electron chi connectivity index (χ2n) is 7.32. The Bertz CT molecular complexity index is 884. The van der Waals surface area contributed by atoms with Gasteiger partial charge in [-0.3, -0.25) is 9.79 Å². The highest BCUT2D eigenvalue weighted by atomic mass is 32.2. The summed E-state index contributed by atoms with van der Waals surface area (Å²) in [4.78, 5) is 19.6. The van der Waals surface area contributed by atoms with Crippen LogP contribution in [0.4, 0.5) is 5.69 Å². The van der Waals surface area contributed by atoms with Gasteiger partial charge < -0.3 is 5.32 Å². The van der Waals surface area contributed by atoms with Crippen LogP contribution in [0.2, 0.25) is 0 Å². The molecular formula is C22H26N2OS. The topological polar surface area (TPSA) is 41.5 Å². The van der Waals surface area contributed by atoms with E-state index in [0.717, 1.165) is 22.7 Å². The van der Waals surface area contributed by atoms with E-state index >= 15 is 0 Å². The minimum atomic E-state index is -0.0274. The van der Waals surface area contributed by atoms with Gasteiger partial charge in [0.25, 0.3) is 5.91 Å². The van der Waals surface area contributed by atoms with Gasteiger partial charge in [0.05, 0.1) is 5.69 Å². The summed E-state index contributed by atoms with van der Waals surface area (Å²) in [7, 11) is 0. The van der Waals surface area contributed by atoms with Crippen molar-refractivity contribution in [3.63, 3.8) is 0 Å². The highest BCUT2D eigenvalue weighted by Crippen LogP contribution is 2.43. The third-order valence-corrected chi connectivity index (χ3v) is 5.95. The van der Waals surface area contributed by atoms with Crippen molar-refractivity contribution in [2.45, 2.75) is 50.8 Å². The van der Waals surface area contributed by atoms with Crippen molar-refractivity contribution < 1.29 is 4.79 Å². The number of carbonyl (C=O) groups excluding carboxylic acids is 1. The summed E-state index contributed by atoms with van der Waals surface area (Å²) in [5, 5.41) is 3.01. The Balaban J connectivity index is 1.93. The number of nitrogens with one attached hydrogen (secondary N) is 1. The number of rotatable bonds is 4. The van der Waals surface area contributed by atoms with Crippen molar-refractivity contribution in [3.8, 4) is 0 Å². The molecule has 136 valence electrons. The molecule has 0 atom stereocenters. The van der Waals surface area contributed by atoms with E-state index in [2.05, 4.69) is 52.1 Å². The van der Waals surface area contributed by atoms with Gasteiger partial charge in [0, 0.05) is 33.2 Å². The van der Waals surface area contributed by atoms with Crippen LogP contribution in [-0.4, -0.2) is 18.2 Å². The predicted molar refractivity (Wildman–Crippen MR) is 110 cm³/mol. The highest BCUT2D eigenvalue weighted by Gasteiger charge is 2.19. The van der Waals surface area contributed by atoms with Gasteiger partial charge in [0.2, 0.25) is 0 Å². The summed E-state index contributed by atoms with van der Waals surface area (Å²) in [5.74, 6) is 0.552. The molecule has 0 aromatic heterocycles. The molecule has 0 spiro atoms. The van der Waals surface area contributed by atoms with Gasteiger partial charge in [0.15, 0.2) is 0 Å². The number of nitrogens with zero attached hydrogens (tertiary/aromatic N) is 1. The Hall–Kier alpha value is -2.07. The van der Waals surface area contributed by atoms with Gasteiger partial charge in [-0.1, -0.05) is 37.7 Å². The number of aryl methyl sites for hydroxylation is 2. The van der Waals surface area contributed by atoms with Crippen molar-refractivity contribution in [1.82, 2.24) is 5.32 Å². The zero-order valence-corrected chi connectivity index (χ0v) is 17.0. The molecule has 1 amide bonds. The fraction of sp³-hybridized carbons (Fsp3) is 0.364. The lowest BCUT2D eigenvalue weighted by Crippen LogP contribution is -2.25. The largest absolute Gasteiger partial charge is 0.352 e. The van der Waals surface area contributed by atoms with Crippen molar-refractivity contribution in [1.29, 1.82) is 0 Å². The molecule has 1 N–H and O–H groups in total. The number of hydrogen-bond acceptors (Lipinski definition) is 3. The van der Waals surface area contributed by atoms with E-state index in [4.69, 9.17) is 4.99 Å². The van der Waals surface area contributed by atoms with E-state index in [-0.39, 0.29) is 5.91 Å². The zero-order valence-electron chi connectivity index (χ0n) is 16.1. The fourth-order valence-electron chi connectivity index (χ4n) is 3.12. The van der Waals surface area contributed by atoms with Gasteiger partial charge >= 0.3 is 0 Å². The molecule has 0 saturated heterocycles. The minimum absolute atomic E-state index is 0.0274. The molecule has 1 aliphatic heterocycles. The van der Waals surface area contributed by atoms with Crippen LogP contribution in [0.5, 0.6) is 0 Å². The summed E-state index contributed by atoms with van der Waals surface area (Å²) in [5.41, 5.74) is 6.26. The molecule has 0 unspecified atom stereocenters. The molecule has 0 bridgehead atoms. The number of fused-ring (bicyclic) bond motifs is 2. The maximum atomic E-state index is 12.4. The van der Waals surface area contributed by atoms with E-state index in [0.29, 0.717) is 18.0 Å². The Morgan fingerprint density at radius 1 is 1.12 bits per heavy atom. The average molecular weight is 367 g/mol. The number of aliphatic imine (C=N–C) groups is 1.